The number of benzene rings is 2. The number of hydrogen-bond donors (Lipinski definition) is 0. The second-order valence-electron chi connectivity index (χ2n) is 8.65. The van der Waals surface area contributed by atoms with Crippen molar-refractivity contribution in [3.8, 4) is 34.3 Å². The van der Waals surface area contributed by atoms with Gasteiger partial charge in [-0.3, -0.25) is 4.98 Å². The molecule has 4 rings (SSSR count). The van der Waals surface area contributed by atoms with Gasteiger partial charge in [0.2, 0.25) is 5.89 Å². The van der Waals surface area contributed by atoms with Crippen molar-refractivity contribution in [3.63, 3.8) is 0 Å². The summed E-state index contributed by atoms with van der Waals surface area (Å²) in [5, 5.41) is 7.89. The highest BCUT2D eigenvalue weighted by atomic mass is 32.2. The molecule has 0 spiro atoms. The molecule has 0 amide bonds. The molecule has 0 aliphatic heterocycles. The molecule has 0 N–H and O–H groups in total. The van der Waals surface area contributed by atoms with Crippen LogP contribution in [0.5, 0.6) is 0 Å². The van der Waals surface area contributed by atoms with E-state index in [0.717, 1.165) is 17.7 Å². The number of nitrogens with zero attached hydrogens (tertiary/aromatic N) is 5. The van der Waals surface area contributed by atoms with Crippen LogP contribution >= 0.6 is 0 Å². The fraction of sp³-hybridized carbons (Fsp3) is 0.280. The third-order valence-corrected chi connectivity index (χ3v) is 7.55. The van der Waals surface area contributed by atoms with E-state index in [0.29, 0.717) is 23.0 Å². The normalized spacial score (nSPS) is 12.0. The monoisotopic (exact) mass is 479 g/mol. The van der Waals surface area contributed by atoms with Crippen LogP contribution in [0, 0.1) is 6.92 Å². The lowest BCUT2D eigenvalue weighted by Gasteiger charge is -2.09. The van der Waals surface area contributed by atoms with Crippen molar-refractivity contribution in [2.24, 2.45) is 0 Å². The van der Waals surface area contributed by atoms with Crippen molar-refractivity contribution in [2.45, 2.75) is 37.5 Å². The number of sulfone groups is 1. The van der Waals surface area contributed by atoms with Gasteiger partial charge in [-0.1, -0.05) is 24.3 Å². The van der Waals surface area contributed by atoms with Crippen LogP contribution < -0.4 is 0 Å². The van der Waals surface area contributed by atoms with Crippen molar-refractivity contribution in [1.82, 2.24) is 25.1 Å². The van der Waals surface area contributed by atoms with Crippen LogP contribution in [0.2, 0.25) is 0 Å². The van der Waals surface area contributed by atoms with Gasteiger partial charge in [-0.15, -0.1) is 10.2 Å². The molecule has 0 saturated heterocycles. The first kappa shape index (κ1) is 23.7. The summed E-state index contributed by atoms with van der Waals surface area (Å²) in [5.74, 6) is 0.680. The predicted molar refractivity (Wildman–Crippen MR) is 133 cm³/mol. The minimum Gasteiger partial charge on any atom is -0.415 e. The molecule has 9 heteroatoms. The maximum atomic E-state index is 12.4. The highest BCUT2D eigenvalue weighted by Gasteiger charge is 2.20. The van der Waals surface area contributed by atoms with E-state index in [1.54, 1.807) is 44.3 Å². The van der Waals surface area contributed by atoms with Crippen LogP contribution in [0.15, 0.2) is 64.0 Å². The summed E-state index contributed by atoms with van der Waals surface area (Å²) >= 11 is 0. The molecule has 4 aromatic rings. The Morgan fingerprint density at radius 2 is 1.56 bits per heavy atom. The summed E-state index contributed by atoms with van der Waals surface area (Å²) in [6.45, 7) is 6.00. The summed E-state index contributed by atoms with van der Waals surface area (Å²) in [6, 6.07) is 14.6. The molecule has 2 heterocycles. The molecule has 2 aromatic carbocycles. The van der Waals surface area contributed by atoms with Crippen LogP contribution in [0.4, 0.5) is 0 Å². The van der Waals surface area contributed by atoms with Crippen molar-refractivity contribution < 1.29 is 14.3 Å². The molecular formula is C25H29N5O3S. The SMILES string of the molecule is Cc1ncc(-c2ccc(S(=O)(=O)C(C)C)cc2)nc1-c1nnc(-c2ccc(CN(C)C)cc2)o1.[HH]. The lowest BCUT2D eigenvalue weighted by atomic mass is 10.1. The molecule has 2 aromatic heterocycles. The number of aryl methyl sites for hydroxylation is 1. The zero-order valence-electron chi connectivity index (χ0n) is 19.8. The Balaban J connectivity index is 0.00000342. The van der Waals surface area contributed by atoms with Gasteiger partial charge >= 0.3 is 0 Å². The Kier molecular flexibility index (Phi) is 6.58. The van der Waals surface area contributed by atoms with Crippen molar-refractivity contribution in [2.75, 3.05) is 14.1 Å². The van der Waals surface area contributed by atoms with Gasteiger partial charge in [-0.2, -0.15) is 0 Å². The first-order valence-corrected chi connectivity index (χ1v) is 12.5. The van der Waals surface area contributed by atoms with Gasteiger partial charge in [0, 0.05) is 19.1 Å². The van der Waals surface area contributed by atoms with Crippen LogP contribution in [-0.4, -0.2) is 52.8 Å². The second-order valence-corrected chi connectivity index (χ2v) is 11.2. The molecule has 8 nitrogen and oxygen atoms in total. The van der Waals surface area contributed by atoms with Crippen molar-refractivity contribution in [3.05, 3.63) is 66.0 Å². The Morgan fingerprint density at radius 1 is 0.941 bits per heavy atom. The lowest BCUT2D eigenvalue weighted by Crippen LogP contribution is -2.13. The van der Waals surface area contributed by atoms with Crippen LogP contribution in [-0.2, 0) is 16.4 Å². The molecule has 0 bridgehead atoms. The Hall–Kier alpha value is -3.43. The van der Waals surface area contributed by atoms with Gasteiger partial charge in [0.25, 0.3) is 5.89 Å². The average Bonchev–Trinajstić information content (AvgIpc) is 3.29. The van der Waals surface area contributed by atoms with E-state index in [1.807, 2.05) is 45.3 Å². The number of hydrogen-bond acceptors (Lipinski definition) is 8. The summed E-state index contributed by atoms with van der Waals surface area (Å²) < 4.78 is 30.7. The molecule has 34 heavy (non-hydrogen) atoms. The Morgan fingerprint density at radius 3 is 2.18 bits per heavy atom. The van der Waals surface area contributed by atoms with E-state index in [4.69, 9.17) is 4.42 Å². The Labute approximate surface area is 201 Å². The van der Waals surface area contributed by atoms with Crippen LogP contribution in [0.1, 0.15) is 26.5 Å². The highest BCUT2D eigenvalue weighted by molar-refractivity contribution is 7.92. The molecule has 0 fully saturated rings. The number of rotatable bonds is 7. The van der Waals surface area contributed by atoms with Gasteiger partial charge in [-0.05, 0) is 64.7 Å². The first-order chi connectivity index (χ1) is 16.1. The molecule has 0 atom stereocenters. The fourth-order valence-corrected chi connectivity index (χ4v) is 4.49. The van der Waals surface area contributed by atoms with E-state index in [1.165, 1.54) is 5.56 Å². The summed E-state index contributed by atoms with van der Waals surface area (Å²) in [5.41, 5.74) is 4.48. The molecule has 0 radical (unpaired) electrons. The smallest absolute Gasteiger partial charge is 0.268 e. The lowest BCUT2D eigenvalue weighted by molar-refractivity contribution is 0.402. The van der Waals surface area contributed by atoms with E-state index >= 15 is 0 Å². The van der Waals surface area contributed by atoms with E-state index in [2.05, 4.69) is 25.1 Å². The van der Waals surface area contributed by atoms with Gasteiger partial charge in [0.05, 0.1) is 27.7 Å². The van der Waals surface area contributed by atoms with Crippen molar-refractivity contribution >= 4 is 9.84 Å². The van der Waals surface area contributed by atoms with Gasteiger partial charge in [-0.25, -0.2) is 13.4 Å². The largest absolute Gasteiger partial charge is 0.415 e. The molecule has 0 saturated carbocycles. The maximum Gasteiger partial charge on any atom is 0.268 e. The van der Waals surface area contributed by atoms with Gasteiger partial charge in [0.1, 0.15) is 5.69 Å². The zero-order valence-corrected chi connectivity index (χ0v) is 20.7. The summed E-state index contributed by atoms with van der Waals surface area (Å²) in [7, 11) is 0.713. The highest BCUT2D eigenvalue weighted by Crippen LogP contribution is 2.27. The van der Waals surface area contributed by atoms with E-state index in [9.17, 15) is 8.42 Å². The van der Waals surface area contributed by atoms with Gasteiger partial charge < -0.3 is 9.32 Å². The van der Waals surface area contributed by atoms with Gasteiger partial charge in [0.15, 0.2) is 9.84 Å². The minimum absolute atomic E-state index is 0. The van der Waals surface area contributed by atoms with E-state index in [-0.39, 0.29) is 12.2 Å². The summed E-state index contributed by atoms with van der Waals surface area (Å²) in [4.78, 5) is 11.5. The Bertz CT molecular complexity index is 1400. The molecular weight excluding hydrogens is 450 g/mol. The molecule has 0 aliphatic carbocycles. The number of aromatic nitrogens is 4. The molecule has 0 aliphatic rings. The molecule has 178 valence electrons. The maximum absolute atomic E-state index is 12.4. The minimum atomic E-state index is -3.34. The average molecular weight is 480 g/mol. The van der Waals surface area contributed by atoms with E-state index < -0.39 is 15.1 Å². The second kappa shape index (κ2) is 9.44. The van der Waals surface area contributed by atoms with Crippen molar-refractivity contribution in [1.29, 1.82) is 0 Å². The van der Waals surface area contributed by atoms with Crippen LogP contribution in [0.25, 0.3) is 34.3 Å². The summed E-state index contributed by atoms with van der Waals surface area (Å²) in [6.07, 6.45) is 1.64. The predicted octanol–water partition coefficient (Wildman–Crippen LogP) is 4.66. The first-order valence-electron chi connectivity index (χ1n) is 10.9. The quantitative estimate of drug-likeness (QED) is 0.377. The topological polar surface area (TPSA) is 102 Å². The zero-order chi connectivity index (χ0) is 24.5. The fourth-order valence-electron chi connectivity index (χ4n) is 3.43. The standard InChI is InChI=1S/C25H27N5O3S.H2/c1-16(2)34(31,32)21-12-10-19(11-13-21)22-14-26-17(3)23(27-22)25-29-28-24(33-25)20-8-6-18(7-9-20)15-30(4)5;/h6-14,16H,15H2,1-5H3;1H. The molecule has 0 unspecified atom stereocenters. The van der Waals surface area contributed by atoms with Crippen LogP contribution in [0.3, 0.4) is 0 Å². The third kappa shape index (κ3) is 4.90. The third-order valence-electron chi connectivity index (χ3n) is 5.38.